The number of carbonyl (C=O) groups is 1. The summed E-state index contributed by atoms with van der Waals surface area (Å²) in [6, 6.07) is -0.297. The van der Waals surface area contributed by atoms with Crippen LogP contribution in [-0.2, 0) is 4.79 Å². The predicted molar refractivity (Wildman–Crippen MR) is 48.6 cm³/mol. The second-order valence-corrected chi connectivity index (χ2v) is 3.58. The van der Waals surface area contributed by atoms with Crippen molar-refractivity contribution in [2.45, 2.75) is 38.6 Å². The Morgan fingerprint density at radius 3 is 2.83 bits per heavy atom. The van der Waals surface area contributed by atoms with Gasteiger partial charge in [0.25, 0.3) is 0 Å². The number of amides is 1. The molecule has 3 nitrogen and oxygen atoms in total. The Bertz CT molecular complexity index is 155. The Morgan fingerprint density at radius 1 is 1.67 bits per heavy atom. The van der Waals surface area contributed by atoms with Gasteiger partial charge in [-0.1, -0.05) is 13.3 Å². The lowest BCUT2D eigenvalue weighted by atomic mass is 10.1. The standard InChI is InChI=1S/C9H18N2O/c1-2-3-8(10)9(12)11-6-7-4-5-7/h7-8H,2-6,10H2,1H3,(H,11,12)/t8-/m0/s1. The van der Waals surface area contributed by atoms with E-state index in [4.69, 9.17) is 5.73 Å². The van der Waals surface area contributed by atoms with Crippen molar-refractivity contribution in [2.75, 3.05) is 6.54 Å². The van der Waals surface area contributed by atoms with Gasteiger partial charge in [0.2, 0.25) is 5.91 Å². The zero-order valence-electron chi connectivity index (χ0n) is 7.68. The molecule has 1 aliphatic rings. The molecule has 0 aliphatic heterocycles. The summed E-state index contributed by atoms with van der Waals surface area (Å²) in [5.74, 6) is 0.756. The van der Waals surface area contributed by atoms with Gasteiger partial charge in [0.05, 0.1) is 6.04 Å². The lowest BCUT2D eigenvalue weighted by Crippen LogP contribution is -2.41. The molecule has 0 radical (unpaired) electrons. The summed E-state index contributed by atoms with van der Waals surface area (Å²) in [6.45, 7) is 2.87. The zero-order chi connectivity index (χ0) is 8.97. The molecular weight excluding hydrogens is 152 g/mol. The van der Waals surface area contributed by atoms with Crippen molar-refractivity contribution in [3.8, 4) is 0 Å². The molecule has 12 heavy (non-hydrogen) atoms. The Labute approximate surface area is 73.7 Å². The van der Waals surface area contributed by atoms with Crippen molar-refractivity contribution in [3.05, 3.63) is 0 Å². The molecular formula is C9H18N2O. The maximum absolute atomic E-state index is 11.2. The summed E-state index contributed by atoms with van der Waals surface area (Å²) in [7, 11) is 0. The fraction of sp³-hybridized carbons (Fsp3) is 0.889. The van der Waals surface area contributed by atoms with Crippen molar-refractivity contribution in [1.29, 1.82) is 0 Å². The topological polar surface area (TPSA) is 55.1 Å². The third-order valence-corrected chi connectivity index (χ3v) is 2.20. The van der Waals surface area contributed by atoms with Gasteiger partial charge in [-0.25, -0.2) is 0 Å². The molecule has 0 aromatic carbocycles. The first-order valence-corrected chi connectivity index (χ1v) is 4.77. The maximum atomic E-state index is 11.2. The van der Waals surface area contributed by atoms with Crippen molar-refractivity contribution < 1.29 is 4.79 Å². The first-order valence-electron chi connectivity index (χ1n) is 4.77. The molecule has 0 aromatic heterocycles. The molecule has 0 unspecified atom stereocenters. The molecule has 1 aliphatic carbocycles. The Morgan fingerprint density at radius 2 is 2.33 bits per heavy atom. The van der Waals surface area contributed by atoms with E-state index in [1.165, 1.54) is 12.8 Å². The minimum absolute atomic E-state index is 0.0174. The van der Waals surface area contributed by atoms with Gasteiger partial charge in [0.1, 0.15) is 0 Å². The molecule has 1 fully saturated rings. The van der Waals surface area contributed by atoms with Crippen LogP contribution in [0.3, 0.4) is 0 Å². The first kappa shape index (κ1) is 9.52. The number of nitrogens with two attached hydrogens (primary N) is 1. The quantitative estimate of drug-likeness (QED) is 0.636. The molecule has 0 aromatic rings. The van der Waals surface area contributed by atoms with E-state index in [2.05, 4.69) is 5.32 Å². The Hall–Kier alpha value is -0.570. The van der Waals surface area contributed by atoms with Crippen LogP contribution in [0.2, 0.25) is 0 Å². The monoisotopic (exact) mass is 170 g/mol. The molecule has 3 N–H and O–H groups in total. The second kappa shape index (κ2) is 4.45. The smallest absolute Gasteiger partial charge is 0.236 e. The van der Waals surface area contributed by atoms with Crippen molar-refractivity contribution >= 4 is 5.91 Å². The minimum atomic E-state index is -0.297. The van der Waals surface area contributed by atoms with E-state index in [1.807, 2.05) is 6.92 Å². The van der Waals surface area contributed by atoms with E-state index in [9.17, 15) is 4.79 Å². The number of rotatable bonds is 5. The fourth-order valence-corrected chi connectivity index (χ4v) is 1.14. The maximum Gasteiger partial charge on any atom is 0.236 e. The highest BCUT2D eigenvalue weighted by molar-refractivity contribution is 5.81. The number of carbonyl (C=O) groups excluding carboxylic acids is 1. The van der Waals surface area contributed by atoms with Crippen molar-refractivity contribution in [1.82, 2.24) is 5.32 Å². The summed E-state index contributed by atoms with van der Waals surface area (Å²) >= 11 is 0. The van der Waals surface area contributed by atoms with Crippen LogP contribution in [0, 0.1) is 5.92 Å². The average molecular weight is 170 g/mol. The summed E-state index contributed by atoms with van der Waals surface area (Å²) in [4.78, 5) is 11.2. The van der Waals surface area contributed by atoms with Crippen LogP contribution >= 0.6 is 0 Å². The Balaban J connectivity index is 2.07. The first-order chi connectivity index (χ1) is 5.74. The molecule has 1 rings (SSSR count). The summed E-state index contributed by atoms with van der Waals surface area (Å²) in [6.07, 6.45) is 4.29. The van der Waals surface area contributed by atoms with E-state index in [0.717, 1.165) is 25.3 Å². The third kappa shape index (κ3) is 3.22. The normalized spacial score (nSPS) is 18.8. The minimum Gasteiger partial charge on any atom is -0.354 e. The molecule has 0 saturated heterocycles. The van der Waals surface area contributed by atoms with Crippen molar-refractivity contribution in [2.24, 2.45) is 11.7 Å². The van der Waals surface area contributed by atoms with Crippen LogP contribution in [0.5, 0.6) is 0 Å². The fourth-order valence-electron chi connectivity index (χ4n) is 1.14. The van der Waals surface area contributed by atoms with Crippen LogP contribution in [-0.4, -0.2) is 18.5 Å². The molecule has 3 heteroatoms. The van der Waals surface area contributed by atoms with Gasteiger partial charge in [-0.05, 0) is 25.2 Å². The van der Waals surface area contributed by atoms with Gasteiger partial charge in [0, 0.05) is 6.54 Å². The summed E-state index contributed by atoms with van der Waals surface area (Å²) in [5.41, 5.74) is 5.62. The van der Waals surface area contributed by atoms with Crippen LogP contribution in [0.15, 0.2) is 0 Å². The highest BCUT2D eigenvalue weighted by Crippen LogP contribution is 2.27. The van der Waals surface area contributed by atoms with E-state index in [1.54, 1.807) is 0 Å². The second-order valence-electron chi connectivity index (χ2n) is 3.58. The van der Waals surface area contributed by atoms with Crippen LogP contribution in [0.4, 0.5) is 0 Å². The molecule has 0 heterocycles. The molecule has 1 atom stereocenters. The van der Waals surface area contributed by atoms with Gasteiger partial charge in [-0.15, -0.1) is 0 Å². The highest BCUT2D eigenvalue weighted by Gasteiger charge is 2.22. The number of hydrogen-bond acceptors (Lipinski definition) is 2. The lowest BCUT2D eigenvalue weighted by Gasteiger charge is -2.10. The van der Waals surface area contributed by atoms with Crippen LogP contribution < -0.4 is 11.1 Å². The van der Waals surface area contributed by atoms with Gasteiger partial charge in [0.15, 0.2) is 0 Å². The number of nitrogens with one attached hydrogen (secondary N) is 1. The molecule has 0 spiro atoms. The molecule has 0 bridgehead atoms. The summed E-state index contributed by atoms with van der Waals surface area (Å²) in [5, 5.41) is 2.87. The SMILES string of the molecule is CCC[C@H](N)C(=O)NCC1CC1. The summed E-state index contributed by atoms with van der Waals surface area (Å²) < 4.78 is 0. The third-order valence-electron chi connectivity index (χ3n) is 2.20. The van der Waals surface area contributed by atoms with Crippen molar-refractivity contribution in [3.63, 3.8) is 0 Å². The van der Waals surface area contributed by atoms with Crippen LogP contribution in [0.25, 0.3) is 0 Å². The lowest BCUT2D eigenvalue weighted by molar-refractivity contribution is -0.122. The molecule has 1 amide bonds. The molecule has 70 valence electrons. The van der Waals surface area contributed by atoms with E-state index in [0.29, 0.717) is 0 Å². The van der Waals surface area contributed by atoms with Gasteiger partial charge < -0.3 is 11.1 Å². The largest absolute Gasteiger partial charge is 0.354 e. The molecule has 1 saturated carbocycles. The highest BCUT2D eigenvalue weighted by atomic mass is 16.2. The van der Waals surface area contributed by atoms with E-state index < -0.39 is 0 Å². The van der Waals surface area contributed by atoms with Gasteiger partial charge >= 0.3 is 0 Å². The van der Waals surface area contributed by atoms with Crippen LogP contribution in [0.1, 0.15) is 32.6 Å². The van der Waals surface area contributed by atoms with Gasteiger partial charge in [-0.2, -0.15) is 0 Å². The van der Waals surface area contributed by atoms with E-state index in [-0.39, 0.29) is 11.9 Å². The number of hydrogen-bond donors (Lipinski definition) is 2. The Kier molecular flexibility index (Phi) is 3.53. The van der Waals surface area contributed by atoms with E-state index >= 15 is 0 Å². The average Bonchev–Trinajstić information content (AvgIpc) is 2.83. The van der Waals surface area contributed by atoms with Gasteiger partial charge in [-0.3, -0.25) is 4.79 Å². The predicted octanol–water partition coefficient (Wildman–Crippen LogP) is 0.640. The zero-order valence-corrected chi connectivity index (χ0v) is 7.68.